The molecule has 0 aliphatic heterocycles. The standard InChI is InChI=1S/C23H26N4O4S/c1-3-26(4-2)32(30,31)17-13-14-21(28)19(15-17)24-23(29)22-18-11-8-12-20(18)27(25-22)16-9-6-5-7-10-16/h5-7,9-10,13-15,28H,3-4,8,11-12H2,1-2H3,(H,24,29). The van der Waals surface area contributed by atoms with E-state index in [4.69, 9.17) is 0 Å². The molecule has 3 aromatic rings. The second-order valence-corrected chi connectivity index (χ2v) is 9.54. The van der Waals surface area contributed by atoms with Gasteiger partial charge in [0.2, 0.25) is 10.0 Å². The largest absolute Gasteiger partial charge is 0.506 e. The van der Waals surface area contributed by atoms with E-state index in [9.17, 15) is 18.3 Å². The van der Waals surface area contributed by atoms with E-state index in [1.807, 2.05) is 30.3 Å². The summed E-state index contributed by atoms with van der Waals surface area (Å²) in [6.45, 7) is 4.16. The highest BCUT2D eigenvalue weighted by Crippen LogP contribution is 2.31. The molecule has 0 saturated carbocycles. The molecular weight excluding hydrogens is 428 g/mol. The Hall–Kier alpha value is -3.17. The monoisotopic (exact) mass is 454 g/mol. The lowest BCUT2D eigenvalue weighted by Gasteiger charge is -2.19. The molecule has 0 saturated heterocycles. The van der Waals surface area contributed by atoms with Crippen LogP contribution in [0.5, 0.6) is 5.75 Å². The van der Waals surface area contributed by atoms with E-state index in [0.29, 0.717) is 13.1 Å². The highest BCUT2D eigenvalue weighted by molar-refractivity contribution is 7.89. The minimum absolute atomic E-state index is 0.00865. The molecule has 1 amide bonds. The summed E-state index contributed by atoms with van der Waals surface area (Å²) in [7, 11) is -3.73. The predicted octanol–water partition coefficient (Wildman–Crippen LogP) is 3.35. The lowest BCUT2D eigenvalue weighted by molar-refractivity contribution is 0.102. The summed E-state index contributed by atoms with van der Waals surface area (Å²) in [6.07, 6.45) is 2.50. The van der Waals surface area contributed by atoms with Crippen LogP contribution < -0.4 is 5.32 Å². The second kappa shape index (κ2) is 8.76. The van der Waals surface area contributed by atoms with E-state index in [2.05, 4.69) is 10.4 Å². The molecule has 0 spiro atoms. The van der Waals surface area contributed by atoms with Gasteiger partial charge >= 0.3 is 0 Å². The van der Waals surface area contributed by atoms with Crippen LogP contribution in [0.1, 0.15) is 42.0 Å². The molecule has 8 nitrogen and oxygen atoms in total. The molecule has 1 aromatic heterocycles. The molecule has 0 unspecified atom stereocenters. The molecule has 0 atom stereocenters. The van der Waals surface area contributed by atoms with Crippen LogP contribution >= 0.6 is 0 Å². The van der Waals surface area contributed by atoms with Crippen LogP contribution in [0.4, 0.5) is 5.69 Å². The van der Waals surface area contributed by atoms with Crippen molar-refractivity contribution in [2.24, 2.45) is 0 Å². The molecule has 0 radical (unpaired) electrons. The van der Waals surface area contributed by atoms with Crippen LogP contribution in [-0.2, 0) is 22.9 Å². The van der Waals surface area contributed by atoms with E-state index in [0.717, 1.165) is 36.2 Å². The van der Waals surface area contributed by atoms with Gasteiger partial charge < -0.3 is 10.4 Å². The Balaban J connectivity index is 1.67. The SMILES string of the molecule is CCN(CC)S(=O)(=O)c1ccc(O)c(NC(=O)c2nn(-c3ccccc3)c3c2CCC3)c1. The maximum Gasteiger partial charge on any atom is 0.276 e. The number of amides is 1. The van der Waals surface area contributed by atoms with Gasteiger partial charge in [0.05, 0.1) is 16.3 Å². The van der Waals surface area contributed by atoms with Gasteiger partial charge in [0, 0.05) is 24.3 Å². The summed E-state index contributed by atoms with van der Waals surface area (Å²) < 4.78 is 28.8. The highest BCUT2D eigenvalue weighted by atomic mass is 32.2. The number of para-hydroxylation sites is 1. The summed E-state index contributed by atoms with van der Waals surface area (Å²) in [5.74, 6) is -0.693. The molecule has 2 N–H and O–H groups in total. The molecule has 2 aromatic carbocycles. The maximum atomic E-state index is 13.1. The number of fused-ring (bicyclic) bond motifs is 1. The zero-order chi connectivity index (χ0) is 22.9. The molecule has 9 heteroatoms. The number of phenolic OH excluding ortho intramolecular Hbond substituents is 1. The topological polar surface area (TPSA) is 105 Å². The molecule has 168 valence electrons. The van der Waals surface area contributed by atoms with Crippen LogP contribution in [0.2, 0.25) is 0 Å². The van der Waals surface area contributed by atoms with Crippen molar-refractivity contribution < 1.29 is 18.3 Å². The third-order valence-corrected chi connectivity index (χ3v) is 7.75. The van der Waals surface area contributed by atoms with Crippen molar-refractivity contribution in [1.82, 2.24) is 14.1 Å². The second-order valence-electron chi connectivity index (χ2n) is 7.60. The van der Waals surface area contributed by atoms with Gasteiger partial charge in [-0.15, -0.1) is 0 Å². The fourth-order valence-corrected chi connectivity index (χ4v) is 5.56. The van der Waals surface area contributed by atoms with E-state index in [1.54, 1.807) is 18.5 Å². The molecule has 0 fully saturated rings. The summed E-state index contributed by atoms with van der Waals surface area (Å²) in [5.41, 5.74) is 3.09. The Morgan fingerprint density at radius 2 is 1.84 bits per heavy atom. The Morgan fingerprint density at radius 1 is 1.12 bits per heavy atom. The summed E-state index contributed by atoms with van der Waals surface area (Å²) in [5, 5.41) is 17.5. The van der Waals surface area contributed by atoms with Gasteiger partial charge in [-0.3, -0.25) is 4.79 Å². The number of nitrogens with zero attached hydrogens (tertiary/aromatic N) is 3. The number of aromatic hydroxyl groups is 1. The van der Waals surface area contributed by atoms with Crippen LogP contribution in [0.3, 0.4) is 0 Å². The van der Waals surface area contributed by atoms with Gasteiger partial charge in [-0.25, -0.2) is 13.1 Å². The number of hydrogen-bond donors (Lipinski definition) is 2. The van der Waals surface area contributed by atoms with Gasteiger partial charge in [0.1, 0.15) is 5.75 Å². The fourth-order valence-electron chi connectivity index (χ4n) is 4.07. The van der Waals surface area contributed by atoms with Gasteiger partial charge in [0.15, 0.2) is 5.69 Å². The zero-order valence-electron chi connectivity index (χ0n) is 18.1. The average Bonchev–Trinajstić information content (AvgIpc) is 3.39. The molecule has 32 heavy (non-hydrogen) atoms. The molecular formula is C23H26N4O4S. The summed E-state index contributed by atoms with van der Waals surface area (Å²) in [4.78, 5) is 13.1. The molecule has 4 rings (SSSR count). The lowest BCUT2D eigenvalue weighted by Crippen LogP contribution is -2.30. The fraction of sp³-hybridized carbons (Fsp3) is 0.304. The van der Waals surface area contributed by atoms with E-state index in [1.165, 1.54) is 22.5 Å². The first kappa shape index (κ1) is 22.0. The van der Waals surface area contributed by atoms with Gasteiger partial charge in [-0.1, -0.05) is 32.0 Å². The van der Waals surface area contributed by atoms with Crippen molar-refractivity contribution in [2.45, 2.75) is 38.0 Å². The number of sulfonamides is 1. The first-order valence-corrected chi connectivity index (χ1v) is 12.1. The van der Waals surface area contributed by atoms with E-state index in [-0.39, 0.29) is 22.0 Å². The average molecular weight is 455 g/mol. The number of rotatable bonds is 7. The molecule has 1 aliphatic carbocycles. The van der Waals surface area contributed by atoms with Crippen molar-refractivity contribution in [3.63, 3.8) is 0 Å². The van der Waals surface area contributed by atoms with Crippen LogP contribution in [0, 0.1) is 0 Å². The number of benzene rings is 2. The van der Waals surface area contributed by atoms with Crippen LogP contribution in [0.25, 0.3) is 5.69 Å². The number of carbonyl (C=O) groups is 1. The third kappa shape index (κ3) is 3.89. The summed E-state index contributed by atoms with van der Waals surface area (Å²) in [6, 6.07) is 13.5. The highest BCUT2D eigenvalue weighted by Gasteiger charge is 2.28. The first-order chi connectivity index (χ1) is 15.4. The van der Waals surface area contributed by atoms with Crippen LogP contribution in [0.15, 0.2) is 53.4 Å². The smallest absolute Gasteiger partial charge is 0.276 e. The van der Waals surface area contributed by atoms with Gasteiger partial charge in [-0.05, 0) is 49.6 Å². The molecule has 1 heterocycles. The number of hydrogen-bond acceptors (Lipinski definition) is 5. The number of phenols is 1. The summed E-state index contributed by atoms with van der Waals surface area (Å²) >= 11 is 0. The lowest BCUT2D eigenvalue weighted by atomic mass is 10.2. The van der Waals surface area contributed by atoms with Gasteiger partial charge in [0.25, 0.3) is 5.91 Å². The minimum Gasteiger partial charge on any atom is -0.506 e. The van der Waals surface area contributed by atoms with E-state index < -0.39 is 15.9 Å². The predicted molar refractivity (Wildman–Crippen MR) is 122 cm³/mol. The quantitative estimate of drug-likeness (QED) is 0.533. The minimum atomic E-state index is -3.73. The molecule has 0 bridgehead atoms. The van der Waals surface area contributed by atoms with Crippen molar-refractivity contribution in [3.8, 4) is 11.4 Å². The number of aromatic nitrogens is 2. The van der Waals surface area contributed by atoms with Crippen molar-refractivity contribution in [1.29, 1.82) is 0 Å². The normalized spacial score (nSPS) is 13.3. The third-order valence-electron chi connectivity index (χ3n) is 5.71. The maximum absolute atomic E-state index is 13.1. The molecule has 1 aliphatic rings. The zero-order valence-corrected chi connectivity index (χ0v) is 18.9. The van der Waals surface area contributed by atoms with Crippen molar-refractivity contribution in [2.75, 3.05) is 18.4 Å². The van der Waals surface area contributed by atoms with Crippen molar-refractivity contribution >= 4 is 21.6 Å². The van der Waals surface area contributed by atoms with Gasteiger partial charge in [-0.2, -0.15) is 9.40 Å². The number of anilines is 1. The van der Waals surface area contributed by atoms with Crippen LogP contribution in [-0.4, -0.2) is 46.6 Å². The van der Waals surface area contributed by atoms with Crippen molar-refractivity contribution in [3.05, 3.63) is 65.5 Å². The first-order valence-electron chi connectivity index (χ1n) is 10.7. The number of nitrogens with one attached hydrogen (secondary N) is 1. The Bertz CT molecular complexity index is 1250. The number of carbonyl (C=O) groups excluding carboxylic acids is 1. The Kier molecular flexibility index (Phi) is 6.03. The Morgan fingerprint density at radius 3 is 2.53 bits per heavy atom. The van der Waals surface area contributed by atoms with E-state index >= 15 is 0 Å². The Labute approximate surface area is 187 Å².